The lowest BCUT2D eigenvalue weighted by atomic mass is 10.3. The Morgan fingerprint density at radius 2 is 2.24 bits per heavy atom. The van der Waals surface area contributed by atoms with Crippen molar-refractivity contribution in [2.75, 3.05) is 12.4 Å². The Morgan fingerprint density at radius 3 is 2.81 bits per heavy atom. The van der Waals surface area contributed by atoms with Crippen LogP contribution in [0.1, 0.15) is 16.2 Å². The molecule has 0 saturated carbocycles. The van der Waals surface area contributed by atoms with Crippen LogP contribution in [0.4, 0.5) is 11.5 Å². The van der Waals surface area contributed by atoms with E-state index in [4.69, 9.17) is 0 Å². The van der Waals surface area contributed by atoms with E-state index in [1.54, 1.807) is 24.0 Å². The summed E-state index contributed by atoms with van der Waals surface area (Å²) >= 11 is 0. The SMILES string of the molecule is COC(=O)c1ccc([N+](=O)[O-])c(NCc2ccn(C)n2)n1. The van der Waals surface area contributed by atoms with Crippen molar-refractivity contribution in [2.24, 2.45) is 7.05 Å². The van der Waals surface area contributed by atoms with Crippen molar-refractivity contribution in [1.82, 2.24) is 14.8 Å². The van der Waals surface area contributed by atoms with Crippen LogP contribution >= 0.6 is 0 Å². The van der Waals surface area contributed by atoms with E-state index in [1.807, 2.05) is 0 Å². The number of aromatic nitrogens is 3. The molecule has 0 saturated heterocycles. The van der Waals surface area contributed by atoms with E-state index in [9.17, 15) is 14.9 Å². The zero-order valence-electron chi connectivity index (χ0n) is 11.4. The highest BCUT2D eigenvalue weighted by atomic mass is 16.6. The lowest BCUT2D eigenvalue weighted by Crippen LogP contribution is -2.10. The molecule has 0 amide bonds. The van der Waals surface area contributed by atoms with E-state index >= 15 is 0 Å². The van der Waals surface area contributed by atoms with Crippen molar-refractivity contribution >= 4 is 17.5 Å². The molecule has 0 spiro atoms. The molecular weight excluding hydrogens is 278 g/mol. The van der Waals surface area contributed by atoms with E-state index in [1.165, 1.54) is 19.2 Å². The molecule has 2 aromatic rings. The van der Waals surface area contributed by atoms with Gasteiger partial charge < -0.3 is 10.1 Å². The van der Waals surface area contributed by atoms with Crippen LogP contribution < -0.4 is 5.32 Å². The highest BCUT2D eigenvalue weighted by molar-refractivity contribution is 5.88. The number of hydrogen-bond donors (Lipinski definition) is 1. The topological polar surface area (TPSA) is 112 Å². The molecule has 0 radical (unpaired) electrons. The predicted octanol–water partition coefficient (Wildman–Crippen LogP) is 1.12. The first-order valence-electron chi connectivity index (χ1n) is 5.97. The van der Waals surface area contributed by atoms with Gasteiger partial charge in [0.2, 0.25) is 5.82 Å². The fourth-order valence-corrected chi connectivity index (χ4v) is 1.68. The van der Waals surface area contributed by atoms with Gasteiger partial charge in [-0.15, -0.1) is 0 Å². The van der Waals surface area contributed by atoms with E-state index < -0.39 is 10.9 Å². The van der Waals surface area contributed by atoms with Crippen molar-refractivity contribution in [3.05, 3.63) is 45.9 Å². The minimum atomic E-state index is -0.661. The summed E-state index contributed by atoms with van der Waals surface area (Å²) in [6.07, 6.45) is 1.75. The number of anilines is 1. The average Bonchev–Trinajstić information content (AvgIpc) is 2.89. The molecule has 0 aliphatic rings. The molecule has 0 fully saturated rings. The van der Waals surface area contributed by atoms with Crippen LogP contribution in [0.15, 0.2) is 24.4 Å². The molecule has 0 bridgehead atoms. The van der Waals surface area contributed by atoms with E-state index in [0.717, 1.165) is 0 Å². The lowest BCUT2D eigenvalue weighted by molar-refractivity contribution is -0.384. The third-order valence-electron chi connectivity index (χ3n) is 2.67. The van der Waals surface area contributed by atoms with Crippen molar-refractivity contribution in [3.8, 4) is 0 Å². The second kappa shape index (κ2) is 5.99. The Balaban J connectivity index is 2.25. The number of carbonyl (C=O) groups is 1. The van der Waals surface area contributed by atoms with Crippen LogP contribution in [0.5, 0.6) is 0 Å². The molecule has 1 N–H and O–H groups in total. The minimum Gasteiger partial charge on any atom is -0.464 e. The lowest BCUT2D eigenvalue weighted by Gasteiger charge is -2.06. The summed E-state index contributed by atoms with van der Waals surface area (Å²) in [5, 5.41) is 17.9. The molecule has 0 unspecified atom stereocenters. The van der Waals surface area contributed by atoms with Gasteiger partial charge in [-0.05, 0) is 12.1 Å². The molecule has 0 aliphatic heterocycles. The van der Waals surface area contributed by atoms with Gasteiger partial charge in [-0.2, -0.15) is 5.10 Å². The summed E-state index contributed by atoms with van der Waals surface area (Å²) < 4.78 is 6.16. The normalized spacial score (nSPS) is 10.2. The van der Waals surface area contributed by atoms with Crippen LogP contribution in [0.2, 0.25) is 0 Å². The Hall–Kier alpha value is -2.97. The first-order chi connectivity index (χ1) is 10.0. The molecule has 0 aromatic carbocycles. The maximum absolute atomic E-state index is 11.4. The number of pyridine rings is 1. The third-order valence-corrected chi connectivity index (χ3v) is 2.67. The molecular formula is C12H13N5O4. The standard InChI is InChI=1S/C12H13N5O4/c1-16-6-5-8(15-16)7-13-11-10(17(19)20)4-3-9(14-11)12(18)21-2/h3-6H,7H2,1-2H3,(H,13,14). The third kappa shape index (κ3) is 3.32. The van der Waals surface area contributed by atoms with Gasteiger partial charge in [-0.1, -0.05) is 0 Å². The van der Waals surface area contributed by atoms with Crippen LogP contribution in [0.25, 0.3) is 0 Å². The second-order valence-corrected chi connectivity index (χ2v) is 4.15. The summed E-state index contributed by atoms with van der Waals surface area (Å²) in [4.78, 5) is 25.8. The van der Waals surface area contributed by atoms with E-state index in [-0.39, 0.29) is 23.7 Å². The first kappa shape index (κ1) is 14.4. The van der Waals surface area contributed by atoms with Crippen molar-refractivity contribution in [1.29, 1.82) is 0 Å². The monoisotopic (exact) mass is 291 g/mol. The smallest absolute Gasteiger partial charge is 0.356 e. The Kier molecular flexibility index (Phi) is 4.12. The van der Waals surface area contributed by atoms with Crippen LogP contribution in [0.3, 0.4) is 0 Å². The fraction of sp³-hybridized carbons (Fsp3) is 0.250. The van der Waals surface area contributed by atoms with Gasteiger partial charge in [0, 0.05) is 19.3 Å². The molecule has 0 atom stereocenters. The number of nitro groups is 1. The molecule has 21 heavy (non-hydrogen) atoms. The van der Waals surface area contributed by atoms with Crippen LogP contribution in [-0.4, -0.2) is 32.8 Å². The van der Waals surface area contributed by atoms with Crippen LogP contribution in [0, 0.1) is 10.1 Å². The van der Waals surface area contributed by atoms with Gasteiger partial charge in [0.1, 0.15) is 0 Å². The number of nitrogens with one attached hydrogen (secondary N) is 1. The maximum atomic E-state index is 11.4. The number of hydrogen-bond acceptors (Lipinski definition) is 7. The van der Waals surface area contributed by atoms with Gasteiger partial charge in [0.15, 0.2) is 5.69 Å². The van der Waals surface area contributed by atoms with Crippen molar-refractivity contribution in [3.63, 3.8) is 0 Å². The van der Waals surface area contributed by atoms with Gasteiger partial charge in [-0.25, -0.2) is 9.78 Å². The predicted molar refractivity (Wildman–Crippen MR) is 72.8 cm³/mol. The zero-order valence-corrected chi connectivity index (χ0v) is 11.4. The quantitative estimate of drug-likeness (QED) is 0.499. The highest BCUT2D eigenvalue weighted by Crippen LogP contribution is 2.22. The first-order valence-corrected chi connectivity index (χ1v) is 5.97. The van der Waals surface area contributed by atoms with Crippen molar-refractivity contribution < 1.29 is 14.5 Å². The Labute approximate surface area is 119 Å². The molecule has 0 aliphatic carbocycles. The molecule has 9 nitrogen and oxygen atoms in total. The number of aryl methyl sites for hydroxylation is 1. The van der Waals surface area contributed by atoms with Gasteiger partial charge in [0.25, 0.3) is 0 Å². The number of rotatable bonds is 5. The highest BCUT2D eigenvalue weighted by Gasteiger charge is 2.19. The average molecular weight is 291 g/mol. The molecule has 2 rings (SSSR count). The zero-order chi connectivity index (χ0) is 15.4. The Bertz CT molecular complexity index is 682. The summed E-state index contributed by atoms with van der Waals surface area (Å²) in [5.74, 6) is -0.667. The summed E-state index contributed by atoms with van der Waals surface area (Å²) in [6.45, 7) is 0.249. The van der Waals surface area contributed by atoms with Gasteiger partial charge >= 0.3 is 11.7 Å². The molecule has 2 heterocycles. The summed E-state index contributed by atoms with van der Waals surface area (Å²) in [5.41, 5.74) is 0.460. The molecule has 2 aromatic heterocycles. The number of esters is 1. The van der Waals surface area contributed by atoms with E-state index in [0.29, 0.717) is 5.69 Å². The largest absolute Gasteiger partial charge is 0.464 e. The van der Waals surface area contributed by atoms with Gasteiger partial charge in [0.05, 0.1) is 24.3 Å². The fourth-order valence-electron chi connectivity index (χ4n) is 1.68. The number of carbonyl (C=O) groups excluding carboxylic acids is 1. The number of methoxy groups -OCH3 is 1. The Morgan fingerprint density at radius 1 is 1.48 bits per heavy atom. The second-order valence-electron chi connectivity index (χ2n) is 4.15. The molecule has 110 valence electrons. The summed E-state index contributed by atoms with van der Waals surface area (Å²) in [7, 11) is 2.98. The minimum absolute atomic E-state index is 0.00597. The number of ether oxygens (including phenoxy) is 1. The maximum Gasteiger partial charge on any atom is 0.356 e. The van der Waals surface area contributed by atoms with Gasteiger partial charge in [-0.3, -0.25) is 14.8 Å². The van der Waals surface area contributed by atoms with Crippen LogP contribution in [-0.2, 0) is 18.3 Å². The summed E-state index contributed by atoms with van der Waals surface area (Å²) in [6, 6.07) is 4.22. The van der Waals surface area contributed by atoms with E-state index in [2.05, 4.69) is 20.1 Å². The number of nitrogens with zero attached hydrogens (tertiary/aromatic N) is 4. The van der Waals surface area contributed by atoms with Crippen molar-refractivity contribution in [2.45, 2.75) is 6.54 Å². The molecule has 9 heteroatoms.